The fraction of sp³-hybridized carbons (Fsp3) is 0.129. The molecule has 6 nitrogen and oxygen atoms in total. The summed E-state index contributed by atoms with van der Waals surface area (Å²) in [6.07, 6.45) is 1.49. The Hall–Kier alpha value is -4.42. The molecular formula is C31H25ClN2O4. The average Bonchev–Trinajstić information content (AvgIpc) is 2.87. The van der Waals surface area contributed by atoms with E-state index in [1.54, 1.807) is 12.1 Å². The van der Waals surface area contributed by atoms with Gasteiger partial charge in [-0.05, 0) is 66.9 Å². The van der Waals surface area contributed by atoms with Gasteiger partial charge in [-0.15, -0.1) is 0 Å². The minimum absolute atomic E-state index is 0.186. The van der Waals surface area contributed by atoms with Crippen molar-refractivity contribution in [2.75, 3.05) is 4.90 Å². The highest BCUT2D eigenvalue weighted by Gasteiger charge is 2.37. The Balaban J connectivity index is 1.58. The van der Waals surface area contributed by atoms with E-state index >= 15 is 0 Å². The molecule has 0 spiro atoms. The third kappa shape index (κ3) is 4.91. The van der Waals surface area contributed by atoms with E-state index < -0.39 is 17.8 Å². The van der Waals surface area contributed by atoms with Crippen molar-refractivity contribution in [2.45, 2.75) is 27.4 Å². The van der Waals surface area contributed by atoms with Crippen molar-refractivity contribution < 1.29 is 19.1 Å². The molecule has 0 aliphatic carbocycles. The molecule has 38 heavy (non-hydrogen) atoms. The van der Waals surface area contributed by atoms with Crippen LogP contribution in [0.5, 0.6) is 5.75 Å². The number of ether oxygens (including phenoxy) is 1. The normalized spacial score (nSPS) is 14.8. The number of imide groups is 2. The van der Waals surface area contributed by atoms with Crippen LogP contribution in [-0.4, -0.2) is 17.8 Å². The van der Waals surface area contributed by atoms with E-state index in [1.165, 1.54) is 12.1 Å². The van der Waals surface area contributed by atoms with Crippen LogP contribution in [-0.2, 0) is 16.2 Å². The fourth-order valence-electron chi connectivity index (χ4n) is 4.62. The second kappa shape index (κ2) is 10.1. The zero-order chi connectivity index (χ0) is 27.0. The lowest BCUT2D eigenvalue weighted by Crippen LogP contribution is -2.54. The lowest BCUT2D eigenvalue weighted by Gasteiger charge is -2.27. The van der Waals surface area contributed by atoms with E-state index in [2.05, 4.69) is 23.5 Å². The van der Waals surface area contributed by atoms with E-state index in [-0.39, 0.29) is 11.3 Å². The molecule has 0 bridgehead atoms. The van der Waals surface area contributed by atoms with E-state index in [0.29, 0.717) is 22.9 Å². The molecule has 4 amide bonds. The third-order valence-corrected chi connectivity index (χ3v) is 6.82. The molecular weight excluding hydrogens is 500 g/mol. The molecule has 0 atom stereocenters. The Kier molecular flexibility index (Phi) is 6.74. The Morgan fingerprint density at radius 1 is 0.895 bits per heavy atom. The average molecular weight is 525 g/mol. The van der Waals surface area contributed by atoms with Crippen LogP contribution in [0.1, 0.15) is 27.8 Å². The number of aryl methyl sites for hydroxylation is 3. The summed E-state index contributed by atoms with van der Waals surface area (Å²) in [5.41, 5.74) is 4.73. The molecule has 4 aromatic carbocycles. The predicted octanol–water partition coefficient (Wildman–Crippen LogP) is 6.66. The quantitative estimate of drug-likeness (QED) is 0.234. The number of nitrogens with zero attached hydrogens (tertiary/aromatic N) is 1. The molecule has 190 valence electrons. The molecule has 1 N–H and O–H groups in total. The van der Waals surface area contributed by atoms with Crippen LogP contribution in [0.2, 0.25) is 5.02 Å². The summed E-state index contributed by atoms with van der Waals surface area (Å²) in [5.74, 6) is -1.01. The lowest BCUT2D eigenvalue weighted by atomic mass is 9.99. The zero-order valence-electron chi connectivity index (χ0n) is 21.2. The number of hydrogen-bond acceptors (Lipinski definition) is 4. The van der Waals surface area contributed by atoms with E-state index in [1.807, 2.05) is 57.2 Å². The van der Waals surface area contributed by atoms with Gasteiger partial charge in [0.2, 0.25) is 0 Å². The lowest BCUT2D eigenvalue weighted by molar-refractivity contribution is -0.122. The first-order valence-electron chi connectivity index (χ1n) is 12.1. The van der Waals surface area contributed by atoms with E-state index in [4.69, 9.17) is 16.3 Å². The van der Waals surface area contributed by atoms with Crippen molar-refractivity contribution in [2.24, 2.45) is 0 Å². The van der Waals surface area contributed by atoms with Crippen molar-refractivity contribution >= 4 is 52.0 Å². The first-order valence-corrected chi connectivity index (χ1v) is 12.5. The van der Waals surface area contributed by atoms with Crippen molar-refractivity contribution in [1.29, 1.82) is 0 Å². The van der Waals surface area contributed by atoms with Gasteiger partial charge in [-0.25, -0.2) is 9.69 Å². The van der Waals surface area contributed by atoms with Gasteiger partial charge in [0.25, 0.3) is 11.8 Å². The number of benzene rings is 4. The summed E-state index contributed by atoms with van der Waals surface area (Å²) >= 11 is 6.25. The van der Waals surface area contributed by atoms with E-state index in [0.717, 1.165) is 37.9 Å². The summed E-state index contributed by atoms with van der Waals surface area (Å²) in [6, 6.07) is 21.6. The molecule has 4 aromatic rings. The van der Waals surface area contributed by atoms with Gasteiger partial charge in [-0.2, -0.15) is 0 Å². The first-order chi connectivity index (χ1) is 18.2. The molecule has 0 saturated carbocycles. The molecule has 0 radical (unpaired) electrons. The van der Waals surface area contributed by atoms with Gasteiger partial charge in [0.15, 0.2) is 0 Å². The predicted molar refractivity (Wildman–Crippen MR) is 149 cm³/mol. The minimum atomic E-state index is -0.832. The number of halogens is 1. The van der Waals surface area contributed by atoms with Gasteiger partial charge in [0.1, 0.15) is 17.9 Å². The van der Waals surface area contributed by atoms with Crippen LogP contribution >= 0.6 is 11.6 Å². The number of barbiturate groups is 1. The Morgan fingerprint density at radius 3 is 2.37 bits per heavy atom. The van der Waals surface area contributed by atoms with Crippen LogP contribution in [0.3, 0.4) is 0 Å². The second-order valence-electron chi connectivity index (χ2n) is 9.37. The zero-order valence-corrected chi connectivity index (χ0v) is 21.9. The Bertz CT molecular complexity index is 1640. The molecule has 5 rings (SSSR count). The maximum Gasteiger partial charge on any atom is 0.335 e. The standard InChI is InChI=1S/C31H25ClN2O4/c1-18-12-19(2)14-21(13-18)17-38-28-11-9-22-6-4-5-7-24(22)25(28)16-26-29(35)33-31(37)34(30(26)36)23-10-8-20(3)27(32)15-23/h4-16H,17H2,1-3H3,(H,33,35,37)/b26-16+. The first kappa shape index (κ1) is 25.2. The maximum atomic E-state index is 13.5. The minimum Gasteiger partial charge on any atom is -0.488 e. The molecule has 1 fully saturated rings. The van der Waals surface area contributed by atoms with Crippen molar-refractivity contribution in [3.05, 3.63) is 111 Å². The molecule has 1 heterocycles. The number of hydrogen-bond donors (Lipinski definition) is 1. The SMILES string of the molecule is Cc1cc(C)cc(COc2ccc3ccccc3c2/C=C2\C(=O)NC(=O)N(c3ccc(C)c(Cl)c3)C2=O)c1. The number of carbonyl (C=O) groups excluding carboxylic acids is 3. The van der Waals surface area contributed by atoms with Crippen LogP contribution in [0, 0.1) is 20.8 Å². The smallest absolute Gasteiger partial charge is 0.335 e. The molecule has 1 aliphatic heterocycles. The highest BCUT2D eigenvalue weighted by molar-refractivity contribution is 6.40. The number of urea groups is 1. The maximum absolute atomic E-state index is 13.5. The summed E-state index contributed by atoms with van der Waals surface area (Å²) in [4.78, 5) is 40.0. The van der Waals surface area contributed by atoms with Crippen LogP contribution in [0.15, 0.2) is 78.4 Å². The van der Waals surface area contributed by atoms with Crippen LogP contribution < -0.4 is 15.0 Å². The summed E-state index contributed by atoms with van der Waals surface area (Å²) < 4.78 is 6.23. The number of rotatable bonds is 5. The molecule has 1 saturated heterocycles. The topological polar surface area (TPSA) is 75.7 Å². The highest BCUT2D eigenvalue weighted by atomic mass is 35.5. The molecule has 0 aromatic heterocycles. The third-order valence-electron chi connectivity index (χ3n) is 6.41. The molecule has 1 aliphatic rings. The fourth-order valence-corrected chi connectivity index (χ4v) is 4.80. The van der Waals surface area contributed by atoms with Crippen molar-refractivity contribution in [3.8, 4) is 5.75 Å². The van der Waals surface area contributed by atoms with Gasteiger partial charge < -0.3 is 4.74 Å². The molecule has 7 heteroatoms. The monoisotopic (exact) mass is 524 g/mol. The van der Waals surface area contributed by atoms with Crippen LogP contribution in [0.25, 0.3) is 16.8 Å². The molecule has 0 unspecified atom stereocenters. The van der Waals surface area contributed by atoms with Gasteiger partial charge in [-0.3, -0.25) is 14.9 Å². The van der Waals surface area contributed by atoms with Gasteiger partial charge >= 0.3 is 6.03 Å². The summed E-state index contributed by atoms with van der Waals surface area (Å²) in [7, 11) is 0. The van der Waals surface area contributed by atoms with Crippen molar-refractivity contribution in [1.82, 2.24) is 5.32 Å². The number of amides is 4. The van der Waals surface area contributed by atoms with E-state index in [9.17, 15) is 14.4 Å². The number of carbonyl (C=O) groups is 3. The number of anilines is 1. The van der Waals surface area contributed by atoms with Gasteiger partial charge in [0.05, 0.1) is 5.69 Å². The largest absolute Gasteiger partial charge is 0.488 e. The Morgan fingerprint density at radius 2 is 1.63 bits per heavy atom. The van der Waals surface area contributed by atoms with Gasteiger partial charge in [-0.1, -0.05) is 77.3 Å². The number of nitrogens with one attached hydrogen (secondary N) is 1. The van der Waals surface area contributed by atoms with Gasteiger partial charge in [0, 0.05) is 10.6 Å². The van der Waals surface area contributed by atoms with Crippen molar-refractivity contribution in [3.63, 3.8) is 0 Å². The number of fused-ring (bicyclic) bond motifs is 1. The van der Waals surface area contributed by atoms with Crippen LogP contribution in [0.4, 0.5) is 10.5 Å². The summed E-state index contributed by atoms with van der Waals surface area (Å²) in [5, 5.41) is 4.40. The highest BCUT2D eigenvalue weighted by Crippen LogP contribution is 2.33. The Labute approximate surface area is 225 Å². The summed E-state index contributed by atoms with van der Waals surface area (Å²) in [6.45, 7) is 6.19. The second-order valence-corrected chi connectivity index (χ2v) is 9.78.